The van der Waals surface area contributed by atoms with E-state index in [4.69, 9.17) is 23.2 Å². The Labute approximate surface area is 241 Å². The number of aryl methyl sites for hydroxylation is 1. The molecule has 0 bridgehead atoms. The van der Waals surface area contributed by atoms with E-state index in [2.05, 4.69) is 36.1 Å². The Balaban J connectivity index is 1.38. The fraction of sp³-hybridized carbons (Fsp3) is 0.286. The van der Waals surface area contributed by atoms with Gasteiger partial charge >= 0.3 is 0 Å². The average molecular weight is 579 g/mol. The van der Waals surface area contributed by atoms with Crippen molar-refractivity contribution in [3.8, 4) is 16.9 Å². The van der Waals surface area contributed by atoms with Gasteiger partial charge in [-0.15, -0.1) is 5.10 Å². The van der Waals surface area contributed by atoms with Crippen LogP contribution in [0.2, 0.25) is 10.2 Å². The quantitative estimate of drug-likeness (QED) is 0.240. The summed E-state index contributed by atoms with van der Waals surface area (Å²) in [6.45, 7) is 2.00. The number of tetrazole rings is 1. The number of aromatic amines is 1. The molecule has 1 aliphatic carbocycles. The van der Waals surface area contributed by atoms with E-state index in [9.17, 15) is 9.59 Å². The highest BCUT2D eigenvalue weighted by Gasteiger charge is 2.25. The van der Waals surface area contributed by atoms with Gasteiger partial charge in [-0.25, -0.2) is 4.98 Å². The summed E-state index contributed by atoms with van der Waals surface area (Å²) in [5, 5.41) is 18.1. The van der Waals surface area contributed by atoms with E-state index < -0.39 is 11.9 Å². The third kappa shape index (κ3) is 6.75. The molecular formula is C28H28Cl2N8O2. The topological polar surface area (TPSA) is 130 Å². The first kappa shape index (κ1) is 27.5. The lowest BCUT2D eigenvalue weighted by Crippen LogP contribution is -2.37. The van der Waals surface area contributed by atoms with Crippen molar-refractivity contribution < 1.29 is 9.59 Å². The van der Waals surface area contributed by atoms with Crippen LogP contribution in [-0.2, 0) is 9.59 Å². The molecule has 0 radical (unpaired) electrons. The predicted molar refractivity (Wildman–Crippen MR) is 153 cm³/mol. The van der Waals surface area contributed by atoms with E-state index in [0.717, 1.165) is 36.8 Å². The maximum Gasteiger partial charge on any atom is 0.244 e. The molecule has 4 aromatic rings. The van der Waals surface area contributed by atoms with Crippen LogP contribution in [0.1, 0.15) is 55.1 Å². The summed E-state index contributed by atoms with van der Waals surface area (Å²) >= 11 is 12.7. The first-order valence-electron chi connectivity index (χ1n) is 13.0. The summed E-state index contributed by atoms with van der Waals surface area (Å²) in [6, 6.07) is 12.4. The van der Waals surface area contributed by atoms with E-state index in [-0.39, 0.29) is 18.4 Å². The molecule has 3 N–H and O–H groups in total. The Morgan fingerprint density at radius 1 is 1.15 bits per heavy atom. The van der Waals surface area contributed by atoms with Crippen LogP contribution in [-0.4, -0.2) is 48.0 Å². The number of aromatic nitrogens is 6. The number of benzene rings is 2. The van der Waals surface area contributed by atoms with E-state index in [1.807, 2.05) is 31.2 Å². The lowest BCUT2D eigenvalue weighted by molar-refractivity contribution is -0.122. The minimum atomic E-state index is -0.742. The zero-order valence-electron chi connectivity index (χ0n) is 21.8. The van der Waals surface area contributed by atoms with Gasteiger partial charge in [0.15, 0.2) is 0 Å². The fourth-order valence-corrected chi connectivity index (χ4v) is 5.15. The van der Waals surface area contributed by atoms with E-state index in [1.165, 1.54) is 17.1 Å². The lowest BCUT2D eigenvalue weighted by atomic mass is 10.1. The molecule has 2 amide bonds. The Morgan fingerprint density at radius 3 is 2.65 bits per heavy atom. The van der Waals surface area contributed by atoms with Crippen molar-refractivity contribution in [1.29, 1.82) is 0 Å². The van der Waals surface area contributed by atoms with Gasteiger partial charge in [0.2, 0.25) is 11.8 Å². The van der Waals surface area contributed by atoms with Crippen LogP contribution in [0, 0.1) is 6.92 Å². The predicted octanol–water partition coefficient (Wildman–Crippen LogP) is 4.99. The zero-order chi connectivity index (χ0) is 28.1. The van der Waals surface area contributed by atoms with Crippen LogP contribution >= 0.6 is 23.2 Å². The molecule has 12 heteroatoms. The van der Waals surface area contributed by atoms with Crippen molar-refractivity contribution in [2.45, 2.75) is 51.1 Å². The standard InChI is InChI=1S/C28H28Cl2N8O2/c1-17-6-8-18(9-7-17)26-27(30)35-28(34-26)22(15-25(40)32-21-4-2-3-5-21)33-24(39)13-10-19-14-20(29)11-12-23(19)38-16-31-36-37-38/h6-14,16,21-22H,2-5,15H2,1H3,(H,32,40)(H,33,39)(H,34,35)/b13-10+/t22-/m0/s1. The maximum atomic E-state index is 13.1. The second-order valence-corrected chi connectivity index (χ2v) is 10.6. The smallest absolute Gasteiger partial charge is 0.244 e. The van der Waals surface area contributed by atoms with Crippen molar-refractivity contribution in [3.63, 3.8) is 0 Å². The highest BCUT2D eigenvalue weighted by atomic mass is 35.5. The van der Waals surface area contributed by atoms with Gasteiger partial charge in [0.25, 0.3) is 0 Å². The molecule has 1 saturated carbocycles. The fourth-order valence-electron chi connectivity index (χ4n) is 4.72. The molecule has 2 heterocycles. The SMILES string of the molecule is Cc1ccc(-c2nc([C@H](CC(=O)NC3CCCC3)NC(=O)/C=C/c3cc(Cl)ccc3-n3cnnn3)[nH]c2Cl)cc1. The summed E-state index contributed by atoms with van der Waals surface area (Å²) in [5.74, 6) is -0.201. The van der Waals surface area contributed by atoms with Gasteiger partial charge in [-0.05, 0) is 54.5 Å². The molecule has 0 spiro atoms. The number of amides is 2. The monoisotopic (exact) mass is 578 g/mol. The number of carbonyl (C=O) groups excluding carboxylic acids is 2. The molecule has 5 rings (SSSR count). The number of hydrogen-bond acceptors (Lipinski definition) is 6. The van der Waals surface area contributed by atoms with E-state index in [0.29, 0.717) is 32.9 Å². The Hall–Kier alpha value is -4.02. The molecule has 0 saturated heterocycles. The molecule has 1 atom stereocenters. The second-order valence-electron chi connectivity index (χ2n) is 9.76. The van der Waals surface area contributed by atoms with Gasteiger partial charge < -0.3 is 15.6 Å². The third-order valence-corrected chi connectivity index (χ3v) is 7.27. The summed E-state index contributed by atoms with van der Waals surface area (Å²) in [4.78, 5) is 33.8. The summed E-state index contributed by atoms with van der Waals surface area (Å²) in [6.07, 6.45) is 8.54. The Kier molecular flexibility index (Phi) is 8.57. The number of nitrogens with zero attached hydrogens (tertiary/aromatic N) is 5. The molecule has 40 heavy (non-hydrogen) atoms. The number of hydrogen-bond donors (Lipinski definition) is 3. The van der Waals surface area contributed by atoms with E-state index in [1.54, 1.807) is 24.3 Å². The van der Waals surface area contributed by atoms with Crippen molar-refractivity contribution in [1.82, 2.24) is 40.8 Å². The second kappa shape index (κ2) is 12.4. The molecule has 1 aliphatic rings. The molecule has 0 unspecified atom stereocenters. The van der Waals surface area contributed by atoms with Crippen LogP contribution in [0.25, 0.3) is 23.0 Å². The van der Waals surface area contributed by atoms with Gasteiger partial charge in [-0.2, -0.15) is 4.68 Å². The van der Waals surface area contributed by atoms with Crippen LogP contribution < -0.4 is 10.6 Å². The number of rotatable bonds is 9. The normalized spacial score (nSPS) is 14.5. The van der Waals surface area contributed by atoms with Crippen molar-refractivity contribution in [2.75, 3.05) is 0 Å². The molecule has 0 aliphatic heterocycles. The van der Waals surface area contributed by atoms with Gasteiger partial charge in [-0.3, -0.25) is 9.59 Å². The average Bonchev–Trinajstić information content (AvgIpc) is 3.71. The Bertz CT molecular complexity index is 1510. The summed E-state index contributed by atoms with van der Waals surface area (Å²) in [5.41, 5.74) is 3.76. The van der Waals surface area contributed by atoms with Crippen molar-refractivity contribution in [3.05, 3.63) is 82.0 Å². The molecule has 206 valence electrons. The number of nitrogens with one attached hydrogen (secondary N) is 3. The maximum absolute atomic E-state index is 13.1. The van der Waals surface area contributed by atoms with Gasteiger partial charge in [0.05, 0.1) is 18.2 Å². The number of H-pyrrole nitrogens is 1. The highest BCUT2D eigenvalue weighted by Crippen LogP contribution is 2.29. The zero-order valence-corrected chi connectivity index (χ0v) is 23.3. The van der Waals surface area contributed by atoms with Gasteiger partial charge in [-0.1, -0.05) is 65.9 Å². The summed E-state index contributed by atoms with van der Waals surface area (Å²) < 4.78 is 1.47. The molecule has 10 nitrogen and oxygen atoms in total. The molecule has 2 aromatic heterocycles. The third-order valence-electron chi connectivity index (χ3n) is 6.76. The number of carbonyl (C=O) groups is 2. The summed E-state index contributed by atoms with van der Waals surface area (Å²) in [7, 11) is 0. The van der Waals surface area contributed by atoms with Crippen molar-refractivity contribution in [2.24, 2.45) is 0 Å². The highest BCUT2D eigenvalue weighted by molar-refractivity contribution is 6.32. The molecular weight excluding hydrogens is 551 g/mol. The number of imidazole rings is 1. The van der Waals surface area contributed by atoms with Crippen molar-refractivity contribution >= 4 is 41.1 Å². The van der Waals surface area contributed by atoms with Crippen LogP contribution in [0.15, 0.2) is 54.9 Å². The first-order valence-corrected chi connectivity index (χ1v) is 13.7. The van der Waals surface area contributed by atoms with Gasteiger partial charge in [0.1, 0.15) is 23.0 Å². The molecule has 1 fully saturated rings. The van der Waals surface area contributed by atoms with E-state index >= 15 is 0 Å². The minimum absolute atomic E-state index is 0.000299. The largest absolute Gasteiger partial charge is 0.353 e. The van der Waals surface area contributed by atoms with Crippen LogP contribution in [0.5, 0.6) is 0 Å². The van der Waals surface area contributed by atoms with Crippen LogP contribution in [0.4, 0.5) is 0 Å². The lowest BCUT2D eigenvalue weighted by Gasteiger charge is -2.18. The first-order chi connectivity index (χ1) is 19.4. The minimum Gasteiger partial charge on any atom is -0.353 e. The number of halogens is 2. The molecule has 2 aromatic carbocycles. The van der Waals surface area contributed by atoms with Crippen LogP contribution in [0.3, 0.4) is 0 Å². The Morgan fingerprint density at radius 2 is 1.93 bits per heavy atom. The van der Waals surface area contributed by atoms with Gasteiger partial charge in [0, 0.05) is 28.3 Å².